The molecule has 1 fully saturated rings. The van der Waals surface area contributed by atoms with Crippen molar-refractivity contribution < 1.29 is 14.3 Å². The molecule has 0 unspecified atom stereocenters. The van der Waals surface area contributed by atoms with Gasteiger partial charge in [0.25, 0.3) is 5.91 Å². The normalized spacial score (nSPS) is 18.6. The first kappa shape index (κ1) is 18.6. The van der Waals surface area contributed by atoms with Crippen LogP contribution in [0.25, 0.3) is 6.08 Å². The first-order valence-electron chi connectivity index (χ1n) is 9.24. The number of thioether (sulfide) groups is 1. The average Bonchev–Trinajstić information content (AvgIpc) is 3.22. The highest BCUT2D eigenvalue weighted by Gasteiger charge is 2.32. The second-order valence-electron chi connectivity index (χ2n) is 6.86. The number of rotatable bonds is 3. The van der Waals surface area contributed by atoms with Crippen molar-refractivity contribution in [2.24, 2.45) is 4.99 Å². The molecular formula is C22H22N2O3S. The minimum Gasteiger partial charge on any atom is -0.454 e. The maximum atomic E-state index is 13.0. The lowest BCUT2D eigenvalue weighted by molar-refractivity contribution is -0.122. The summed E-state index contributed by atoms with van der Waals surface area (Å²) >= 11 is 1.42. The minimum atomic E-state index is -0.0189. The summed E-state index contributed by atoms with van der Waals surface area (Å²) in [6.07, 6.45) is 1.92. The zero-order valence-corrected chi connectivity index (χ0v) is 17.2. The lowest BCUT2D eigenvalue weighted by atomic mass is 10.1. The predicted octanol–water partition coefficient (Wildman–Crippen LogP) is 4.96. The fourth-order valence-corrected chi connectivity index (χ4v) is 4.34. The Morgan fingerprint density at radius 1 is 1.11 bits per heavy atom. The Kier molecular flexibility index (Phi) is 4.89. The van der Waals surface area contributed by atoms with Gasteiger partial charge in [0.1, 0.15) is 0 Å². The number of likely N-dealkylation sites (N-methyl/N-ethyl adjacent to an activating group) is 1. The van der Waals surface area contributed by atoms with Gasteiger partial charge in [-0.15, -0.1) is 0 Å². The third-order valence-electron chi connectivity index (χ3n) is 4.90. The van der Waals surface area contributed by atoms with E-state index in [1.54, 1.807) is 4.90 Å². The Morgan fingerprint density at radius 3 is 2.46 bits per heavy atom. The van der Waals surface area contributed by atoms with Crippen LogP contribution in [0.1, 0.15) is 29.2 Å². The van der Waals surface area contributed by atoms with Crippen molar-refractivity contribution in [2.75, 3.05) is 13.3 Å². The van der Waals surface area contributed by atoms with Gasteiger partial charge in [-0.1, -0.05) is 18.2 Å². The van der Waals surface area contributed by atoms with E-state index < -0.39 is 0 Å². The van der Waals surface area contributed by atoms with E-state index in [1.807, 2.05) is 64.1 Å². The Bertz CT molecular complexity index is 1010. The van der Waals surface area contributed by atoms with Gasteiger partial charge in [-0.05, 0) is 79.9 Å². The molecule has 144 valence electrons. The molecule has 0 N–H and O–H groups in total. The smallest absolute Gasteiger partial charge is 0.266 e. The Morgan fingerprint density at radius 2 is 1.79 bits per heavy atom. The summed E-state index contributed by atoms with van der Waals surface area (Å²) in [5.74, 6) is 1.44. The Labute approximate surface area is 169 Å². The average molecular weight is 394 g/mol. The second kappa shape index (κ2) is 7.36. The molecule has 0 radical (unpaired) electrons. The van der Waals surface area contributed by atoms with Crippen LogP contribution in [0.15, 0.2) is 40.2 Å². The number of amides is 1. The number of carbonyl (C=O) groups is 1. The molecular weight excluding hydrogens is 372 g/mol. The van der Waals surface area contributed by atoms with Crippen LogP contribution in [0.5, 0.6) is 11.5 Å². The number of para-hydroxylation sites is 1. The molecule has 1 saturated heterocycles. The number of ether oxygens (including phenoxy) is 2. The Hall–Kier alpha value is -2.73. The lowest BCUT2D eigenvalue weighted by Gasteiger charge is -2.13. The highest BCUT2D eigenvalue weighted by Crippen LogP contribution is 2.39. The van der Waals surface area contributed by atoms with Gasteiger partial charge in [0.15, 0.2) is 16.7 Å². The minimum absolute atomic E-state index is 0.0189. The van der Waals surface area contributed by atoms with Crippen LogP contribution >= 0.6 is 11.8 Å². The maximum absolute atomic E-state index is 13.0. The molecule has 1 amide bonds. The topological polar surface area (TPSA) is 51.1 Å². The van der Waals surface area contributed by atoms with Crippen LogP contribution < -0.4 is 9.47 Å². The molecule has 2 aromatic rings. The summed E-state index contributed by atoms with van der Waals surface area (Å²) in [5, 5.41) is 0.717. The van der Waals surface area contributed by atoms with E-state index in [-0.39, 0.29) is 12.7 Å². The quantitative estimate of drug-likeness (QED) is 0.690. The number of carbonyl (C=O) groups excluding carboxylic acids is 1. The summed E-state index contributed by atoms with van der Waals surface area (Å²) < 4.78 is 10.9. The largest absolute Gasteiger partial charge is 0.454 e. The summed E-state index contributed by atoms with van der Waals surface area (Å²) in [7, 11) is 0. The highest BCUT2D eigenvalue weighted by molar-refractivity contribution is 8.18. The van der Waals surface area contributed by atoms with Crippen molar-refractivity contribution in [3.8, 4) is 11.5 Å². The van der Waals surface area contributed by atoms with Crippen molar-refractivity contribution >= 4 is 34.6 Å². The van der Waals surface area contributed by atoms with Crippen molar-refractivity contribution in [1.82, 2.24) is 4.90 Å². The van der Waals surface area contributed by atoms with Crippen LogP contribution in [0, 0.1) is 20.8 Å². The van der Waals surface area contributed by atoms with Gasteiger partial charge >= 0.3 is 0 Å². The molecule has 0 aromatic heterocycles. The van der Waals surface area contributed by atoms with E-state index >= 15 is 0 Å². The van der Waals surface area contributed by atoms with Gasteiger partial charge in [-0.2, -0.15) is 0 Å². The van der Waals surface area contributed by atoms with E-state index in [2.05, 4.69) is 0 Å². The molecule has 2 aromatic carbocycles. The van der Waals surface area contributed by atoms with E-state index in [9.17, 15) is 4.79 Å². The summed E-state index contributed by atoms with van der Waals surface area (Å²) in [4.78, 5) is 20.2. The predicted molar refractivity (Wildman–Crippen MR) is 113 cm³/mol. The first-order valence-corrected chi connectivity index (χ1v) is 10.1. The van der Waals surface area contributed by atoms with E-state index in [0.717, 1.165) is 38.9 Å². The molecule has 0 saturated carbocycles. The second-order valence-corrected chi connectivity index (χ2v) is 7.87. The SMILES string of the molecule is CCN1C(=O)/C(=C\c2cc3c(cc2C)OCO3)SC1=Nc1c(C)cccc1C. The summed E-state index contributed by atoms with van der Waals surface area (Å²) in [6.45, 7) is 8.86. The van der Waals surface area contributed by atoms with Crippen molar-refractivity contribution in [3.63, 3.8) is 0 Å². The molecule has 2 aliphatic heterocycles. The van der Waals surface area contributed by atoms with Gasteiger partial charge < -0.3 is 9.47 Å². The van der Waals surface area contributed by atoms with Crippen molar-refractivity contribution in [3.05, 3.63) is 57.5 Å². The highest BCUT2D eigenvalue weighted by atomic mass is 32.2. The molecule has 0 bridgehead atoms. The molecule has 0 spiro atoms. The number of benzene rings is 2. The van der Waals surface area contributed by atoms with Gasteiger partial charge in [-0.25, -0.2) is 4.99 Å². The maximum Gasteiger partial charge on any atom is 0.266 e. The van der Waals surface area contributed by atoms with Crippen LogP contribution in [0.2, 0.25) is 0 Å². The summed E-state index contributed by atoms with van der Waals surface area (Å²) in [5.41, 5.74) is 5.11. The van der Waals surface area contributed by atoms with E-state index in [1.165, 1.54) is 11.8 Å². The first-order chi connectivity index (χ1) is 13.5. The zero-order valence-electron chi connectivity index (χ0n) is 16.4. The van der Waals surface area contributed by atoms with Crippen LogP contribution in [0.4, 0.5) is 5.69 Å². The fourth-order valence-electron chi connectivity index (χ4n) is 3.30. The molecule has 2 aliphatic rings. The number of aliphatic imine (C=N–C) groups is 1. The zero-order chi connectivity index (χ0) is 19.8. The number of nitrogens with zero attached hydrogens (tertiary/aromatic N) is 2. The van der Waals surface area contributed by atoms with Gasteiger partial charge in [0.2, 0.25) is 6.79 Å². The molecule has 0 atom stereocenters. The molecule has 4 rings (SSSR count). The van der Waals surface area contributed by atoms with E-state index in [4.69, 9.17) is 14.5 Å². The standard InChI is InChI=1S/C22H22N2O3S/c1-5-24-21(25)19(11-16-10-18-17(9-15(16)4)26-12-27-18)28-22(24)23-20-13(2)7-6-8-14(20)3/h6-11H,5,12H2,1-4H3/b19-11+,23-22?. The number of hydrogen-bond donors (Lipinski definition) is 0. The van der Waals surface area contributed by atoms with Gasteiger partial charge in [-0.3, -0.25) is 9.69 Å². The molecule has 2 heterocycles. The van der Waals surface area contributed by atoms with Crippen molar-refractivity contribution in [2.45, 2.75) is 27.7 Å². The summed E-state index contributed by atoms with van der Waals surface area (Å²) in [6, 6.07) is 9.97. The van der Waals surface area contributed by atoms with Gasteiger partial charge in [0.05, 0.1) is 10.6 Å². The monoisotopic (exact) mass is 394 g/mol. The van der Waals surface area contributed by atoms with Crippen LogP contribution in [-0.2, 0) is 4.79 Å². The lowest BCUT2D eigenvalue weighted by Crippen LogP contribution is -2.28. The Balaban J connectivity index is 1.72. The molecule has 6 heteroatoms. The number of hydrogen-bond acceptors (Lipinski definition) is 5. The molecule has 5 nitrogen and oxygen atoms in total. The molecule has 28 heavy (non-hydrogen) atoms. The molecule has 0 aliphatic carbocycles. The van der Waals surface area contributed by atoms with E-state index in [0.29, 0.717) is 17.2 Å². The third kappa shape index (κ3) is 3.29. The van der Waals surface area contributed by atoms with Crippen LogP contribution in [0.3, 0.4) is 0 Å². The number of fused-ring (bicyclic) bond motifs is 1. The van der Waals surface area contributed by atoms with Crippen molar-refractivity contribution in [1.29, 1.82) is 0 Å². The fraction of sp³-hybridized carbons (Fsp3) is 0.273. The number of amidine groups is 1. The van der Waals surface area contributed by atoms with Gasteiger partial charge in [0, 0.05) is 6.54 Å². The van der Waals surface area contributed by atoms with Crippen LogP contribution in [-0.4, -0.2) is 29.3 Å². The number of aryl methyl sites for hydroxylation is 3. The third-order valence-corrected chi connectivity index (χ3v) is 5.91.